The molecule has 4 nitrogen and oxygen atoms in total. The van der Waals surface area contributed by atoms with Gasteiger partial charge in [0.15, 0.2) is 0 Å². The maximum Gasteiger partial charge on any atom is 0.255 e. The molecule has 0 saturated heterocycles. The Kier molecular flexibility index (Phi) is 8.12. The number of alkyl halides is 2. The highest BCUT2D eigenvalue weighted by Crippen LogP contribution is 2.02. The third-order valence-corrected chi connectivity index (χ3v) is 1.82. The van der Waals surface area contributed by atoms with Crippen LogP contribution in [0.2, 0.25) is 0 Å². The summed E-state index contributed by atoms with van der Waals surface area (Å²) in [6.45, 7) is -0.543. The molecule has 0 aromatic heterocycles. The van der Waals surface area contributed by atoms with Crippen LogP contribution in [0.5, 0.6) is 0 Å². The molecule has 0 fully saturated rings. The molecule has 0 aliphatic rings. The smallest absolute Gasteiger partial charge is 0.255 e. The third kappa shape index (κ3) is 7.21. The van der Waals surface area contributed by atoms with Gasteiger partial charge in [-0.2, -0.15) is 0 Å². The highest BCUT2D eigenvalue weighted by molar-refractivity contribution is 5.76. The molecule has 6 heteroatoms. The molecular formula is C9H17F2NO3. The standard InChI is InChI=1S/C9H17F2NO3/c1-15-6-2-3-9(14)12(4-5-13)7-8(10)11/h8,13H,2-7H2,1H3. The van der Waals surface area contributed by atoms with Crippen molar-refractivity contribution in [1.82, 2.24) is 4.90 Å². The van der Waals surface area contributed by atoms with Crippen molar-refractivity contribution in [2.45, 2.75) is 19.3 Å². The average Bonchev–Trinajstić information content (AvgIpc) is 2.17. The molecule has 0 heterocycles. The van der Waals surface area contributed by atoms with Gasteiger partial charge in [-0.1, -0.05) is 0 Å². The van der Waals surface area contributed by atoms with Gasteiger partial charge in [-0.25, -0.2) is 8.78 Å². The molecule has 90 valence electrons. The third-order valence-electron chi connectivity index (χ3n) is 1.82. The second kappa shape index (κ2) is 8.55. The zero-order chi connectivity index (χ0) is 11.7. The first-order chi connectivity index (χ1) is 7.11. The van der Waals surface area contributed by atoms with Crippen molar-refractivity contribution < 1.29 is 23.4 Å². The van der Waals surface area contributed by atoms with Crippen molar-refractivity contribution in [2.75, 3.05) is 33.4 Å². The van der Waals surface area contributed by atoms with Crippen LogP contribution in [0, 0.1) is 0 Å². The van der Waals surface area contributed by atoms with Crippen LogP contribution in [0.1, 0.15) is 12.8 Å². The summed E-state index contributed by atoms with van der Waals surface area (Å²) in [5.41, 5.74) is 0. The molecule has 0 aliphatic carbocycles. The van der Waals surface area contributed by atoms with Crippen LogP contribution >= 0.6 is 0 Å². The van der Waals surface area contributed by atoms with E-state index in [4.69, 9.17) is 9.84 Å². The minimum absolute atomic E-state index is 0.0455. The van der Waals surface area contributed by atoms with Crippen LogP contribution in [0.15, 0.2) is 0 Å². The van der Waals surface area contributed by atoms with Gasteiger partial charge in [0.05, 0.1) is 13.2 Å². The Morgan fingerprint density at radius 1 is 1.53 bits per heavy atom. The van der Waals surface area contributed by atoms with Crippen LogP contribution < -0.4 is 0 Å². The summed E-state index contributed by atoms with van der Waals surface area (Å²) in [4.78, 5) is 12.3. The van der Waals surface area contributed by atoms with Gasteiger partial charge in [0.25, 0.3) is 6.43 Å². The van der Waals surface area contributed by atoms with Crippen molar-refractivity contribution in [2.24, 2.45) is 0 Å². The van der Waals surface area contributed by atoms with Crippen LogP contribution in [-0.2, 0) is 9.53 Å². The maximum absolute atomic E-state index is 12.1. The predicted octanol–water partition coefficient (Wildman–Crippen LogP) is 0.499. The van der Waals surface area contributed by atoms with Gasteiger partial charge in [-0.15, -0.1) is 0 Å². The Hall–Kier alpha value is -0.750. The first-order valence-corrected chi connectivity index (χ1v) is 4.77. The number of hydrogen-bond donors (Lipinski definition) is 1. The van der Waals surface area contributed by atoms with Gasteiger partial charge in [0.1, 0.15) is 0 Å². The fourth-order valence-electron chi connectivity index (χ4n) is 1.13. The number of rotatable bonds is 8. The Bertz CT molecular complexity index is 179. The fourth-order valence-corrected chi connectivity index (χ4v) is 1.13. The van der Waals surface area contributed by atoms with Gasteiger partial charge in [-0.05, 0) is 6.42 Å². The lowest BCUT2D eigenvalue weighted by Crippen LogP contribution is -2.37. The lowest BCUT2D eigenvalue weighted by atomic mass is 10.3. The predicted molar refractivity (Wildman–Crippen MR) is 50.8 cm³/mol. The van der Waals surface area contributed by atoms with Gasteiger partial charge >= 0.3 is 0 Å². The SMILES string of the molecule is COCCCC(=O)N(CCO)CC(F)F. The maximum atomic E-state index is 12.1. The lowest BCUT2D eigenvalue weighted by Gasteiger charge is -2.21. The number of aliphatic hydroxyl groups is 1. The summed E-state index contributed by atoms with van der Waals surface area (Å²) >= 11 is 0. The number of aliphatic hydroxyl groups excluding tert-OH is 1. The van der Waals surface area contributed by atoms with E-state index in [1.165, 1.54) is 7.11 Å². The van der Waals surface area contributed by atoms with Crippen LogP contribution in [0.25, 0.3) is 0 Å². The van der Waals surface area contributed by atoms with Crippen molar-refractivity contribution in [3.05, 3.63) is 0 Å². The molecule has 0 bridgehead atoms. The molecule has 1 N–H and O–H groups in total. The summed E-state index contributed by atoms with van der Waals surface area (Å²) in [5, 5.41) is 8.61. The highest BCUT2D eigenvalue weighted by Gasteiger charge is 2.16. The van der Waals surface area contributed by atoms with E-state index in [-0.39, 0.29) is 25.5 Å². The Labute approximate surface area is 87.8 Å². The molecular weight excluding hydrogens is 208 g/mol. The number of hydrogen-bond acceptors (Lipinski definition) is 3. The molecule has 15 heavy (non-hydrogen) atoms. The molecule has 0 atom stereocenters. The van der Waals surface area contributed by atoms with E-state index in [9.17, 15) is 13.6 Å². The van der Waals surface area contributed by atoms with Crippen molar-refractivity contribution in [1.29, 1.82) is 0 Å². The second-order valence-electron chi connectivity index (χ2n) is 3.05. The first-order valence-electron chi connectivity index (χ1n) is 4.77. The number of amides is 1. The largest absolute Gasteiger partial charge is 0.395 e. The molecule has 0 radical (unpaired) electrons. The molecule has 0 saturated carbocycles. The number of nitrogens with zero attached hydrogens (tertiary/aromatic N) is 1. The molecule has 0 aliphatic heterocycles. The van der Waals surface area contributed by atoms with Crippen molar-refractivity contribution in [3.63, 3.8) is 0 Å². The molecule has 0 unspecified atom stereocenters. The number of methoxy groups -OCH3 is 1. The second-order valence-corrected chi connectivity index (χ2v) is 3.05. The van der Waals surface area contributed by atoms with Gasteiger partial charge in [-0.3, -0.25) is 4.79 Å². The van der Waals surface area contributed by atoms with E-state index in [1.54, 1.807) is 0 Å². The van der Waals surface area contributed by atoms with E-state index < -0.39 is 13.0 Å². The Morgan fingerprint density at radius 3 is 2.67 bits per heavy atom. The summed E-state index contributed by atoms with van der Waals surface area (Å²) in [6, 6.07) is 0. The summed E-state index contributed by atoms with van der Waals surface area (Å²) in [5.74, 6) is -0.374. The highest BCUT2D eigenvalue weighted by atomic mass is 19.3. The quantitative estimate of drug-likeness (QED) is 0.612. The molecule has 1 amide bonds. The van der Waals surface area contributed by atoms with Gasteiger partial charge in [0.2, 0.25) is 5.91 Å². The minimum atomic E-state index is -2.57. The molecule has 0 aromatic carbocycles. The van der Waals surface area contributed by atoms with Crippen molar-refractivity contribution in [3.8, 4) is 0 Å². The van der Waals surface area contributed by atoms with E-state index in [0.717, 1.165) is 4.90 Å². The summed E-state index contributed by atoms with van der Waals surface area (Å²) in [6.07, 6.45) is -1.90. The summed E-state index contributed by atoms with van der Waals surface area (Å²) < 4.78 is 28.9. The molecule has 0 aromatic rings. The van der Waals surface area contributed by atoms with Crippen LogP contribution in [-0.4, -0.2) is 55.8 Å². The summed E-state index contributed by atoms with van der Waals surface area (Å²) in [7, 11) is 1.51. The van der Waals surface area contributed by atoms with Crippen LogP contribution in [0.4, 0.5) is 8.78 Å². The zero-order valence-electron chi connectivity index (χ0n) is 8.79. The normalized spacial score (nSPS) is 10.7. The number of ether oxygens (including phenoxy) is 1. The zero-order valence-corrected chi connectivity index (χ0v) is 8.79. The van der Waals surface area contributed by atoms with Gasteiger partial charge < -0.3 is 14.7 Å². The number of halogens is 2. The first kappa shape index (κ1) is 14.2. The van der Waals surface area contributed by atoms with Crippen molar-refractivity contribution >= 4 is 5.91 Å². The van der Waals surface area contributed by atoms with Crippen LogP contribution in [0.3, 0.4) is 0 Å². The number of carbonyl (C=O) groups is 1. The van der Waals surface area contributed by atoms with E-state index in [1.807, 2.05) is 0 Å². The minimum Gasteiger partial charge on any atom is -0.395 e. The fraction of sp³-hybridized carbons (Fsp3) is 0.889. The van der Waals surface area contributed by atoms with E-state index in [0.29, 0.717) is 13.0 Å². The topological polar surface area (TPSA) is 49.8 Å². The molecule has 0 rings (SSSR count). The molecule has 0 spiro atoms. The Morgan fingerprint density at radius 2 is 2.20 bits per heavy atom. The lowest BCUT2D eigenvalue weighted by molar-refractivity contribution is -0.134. The van der Waals surface area contributed by atoms with Gasteiger partial charge in [0, 0.05) is 26.7 Å². The monoisotopic (exact) mass is 225 g/mol. The van der Waals surface area contributed by atoms with E-state index in [2.05, 4.69) is 0 Å². The van der Waals surface area contributed by atoms with E-state index >= 15 is 0 Å². The number of carbonyl (C=O) groups excluding carboxylic acids is 1. The average molecular weight is 225 g/mol. The Balaban J connectivity index is 3.92.